The van der Waals surface area contributed by atoms with E-state index in [-0.39, 0.29) is 11.6 Å². The minimum atomic E-state index is -2.42. The molecule has 0 saturated carbocycles. The van der Waals surface area contributed by atoms with E-state index in [1.54, 1.807) is 12.1 Å². The zero-order valence-corrected chi connectivity index (χ0v) is 12.5. The van der Waals surface area contributed by atoms with Gasteiger partial charge in [-0.25, -0.2) is 12.8 Å². The third-order valence-electron chi connectivity index (χ3n) is 3.41. The summed E-state index contributed by atoms with van der Waals surface area (Å²) < 4.78 is 36.5. The van der Waals surface area contributed by atoms with Gasteiger partial charge < -0.3 is 4.57 Å². The quantitative estimate of drug-likeness (QED) is 0.750. The monoisotopic (exact) mass is 315 g/mol. The lowest BCUT2D eigenvalue weighted by molar-refractivity contribution is 0.614. The first-order valence-corrected chi connectivity index (χ1v) is 8.14. The Bertz CT molecular complexity index is 841. The summed E-state index contributed by atoms with van der Waals surface area (Å²) in [5.41, 5.74) is 3.57. The van der Waals surface area contributed by atoms with Gasteiger partial charge in [0.25, 0.3) is 0 Å². The highest BCUT2D eigenvalue weighted by Gasteiger charge is 2.06. The van der Waals surface area contributed by atoms with Crippen LogP contribution in [0, 0.1) is 5.82 Å². The molecule has 0 radical (unpaired) electrons. The fourth-order valence-corrected chi connectivity index (χ4v) is 2.88. The van der Waals surface area contributed by atoms with E-state index >= 15 is 0 Å². The Morgan fingerprint density at radius 1 is 0.909 bits per heavy atom. The van der Waals surface area contributed by atoms with Crippen molar-refractivity contribution < 1.29 is 12.8 Å². The Hall–Kier alpha value is -2.40. The smallest absolute Gasteiger partial charge is 0.144 e. The number of hydrogen-bond acceptors (Lipinski definition) is 2. The molecule has 0 aliphatic heterocycles. The zero-order chi connectivity index (χ0) is 15.5. The van der Waals surface area contributed by atoms with Gasteiger partial charge >= 0.3 is 0 Å². The second-order valence-corrected chi connectivity index (χ2v) is 5.91. The van der Waals surface area contributed by atoms with Crippen LogP contribution in [0.25, 0.3) is 16.9 Å². The van der Waals surface area contributed by atoms with Crippen LogP contribution in [0.5, 0.6) is 0 Å². The largest absolute Gasteiger partial charge is 0.317 e. The molecule has 0 fully saturated rings. The molecule has 22 heavy (non-hydrogen) atoms. The van der Waals surface area contributed by atoms with Gasteiger partial charge in [0, 0.05) is 11.9 Å². The predicted molar refractivity (Wildman–Crippen MR) is 85.2 cm³/mol. The number of hydrogen-bond donors (Lipinski definition) is 1. The molecule has 5 heteroatoms. The van der Waals surface area contributed by atoms with Gasteiger partial charge in [0.1, 0.15) is 16.5 Å². The lowest BCUT2D eigenvalue weighted by Crippen LogP contribution is -1.95. The summed E-state index contributed by atoms with van der Waals surface area (Å²) in [4.78, 5) is 0. The van der Waals surface area contributed by atoms with Gasteiger partial charge in [0.2, 0.25) is 0 Å². The molecule has 3 rings (SSSR count). The van der Waals surface area contributed by atoms with Gasteiger partial charge in [-0.15, -0.1) is 0 Å². The molecule has 3 aromatic rings. The number of rotatable bonds is 4. The van der Waals surface area contributed by atoms with Crippen LogP contribution in [0.15, 0.2) is 66.9 Å². The summed E-state index contributed by atoms with van der Waals surface area (Å²) in [6.07, 6.45) is 1.91. The molecule has 0 bridgehead atoms. The van der Waals surface area contributed by atoms with E-state index in [9.17, 15) is 12.8 Å². The molecule has 1 heterocycles. The van der Waals surface area contributed by atoms with Crippen molar-refractivity contribution in [2.24, 2.45) is 0 Å². The van der Waals surface area contributed by atoms with Crippen molar-refractivity contribution in [1.82, 2.24) is 4.57 Å². The minimum Gasteiger partial charge on any atom is -0.317 e. The van der Waals surface area contributed by atoms with Gasteiger partial charge in [-0.3, -0.25) is 0 Å². The average Bonchev–Trinajstić information content (AvgIpc) is 2.97. The molecule has 0 unspecified atom stereocenters. The highest BCUT2D eigenvalue weighted by molar-refractivity contribution is 7.71. The van der Waals surface area contributed by atoms with Crippen molar-refractivity contribution in [1.29, 1.82) is 0 Å². The van der Waals surface area contributed by atoms with Crippen LogP contribution in [0.4, 0.5) is 4.39 Å². The summed E-state index contributed by atoms with van der Waals surface area (Å²) in [5.74, 6) is -0.220. The predicted octanol–water partition coefficient (Wildman–Crippen LogP) is 3.39. The second-order valence-electron chi connectivity index (χ2n) is 4.93. The summed E-state index contributed by atoms with van der Waals surface area (Å²) in [7, 11) is -2.42. The molecule has 0 atom stereocenters. The highest BCUT2D eigenvalue weighted by Crippen LogP contribution is 2.24. The standard InChI is InChI=1S/C17H14FNO2S/c18-15-7-9-16(10-8-15)19-11-1-2-17(19)14-5-3-13(4-6-14)12-22(20)21/h1-11,22H,12H2. The van der Waals surface area contributed by atoms with Crippen molar-refractivity contribution in [2.45, 2.75) is 5.75 Å². The SMILES string of the molecule is O=[SH](=O)Cc1ccc(-c2cccn2-c2ccc(F)cc2)cc1. The maximum atomic E-state index is 13.0. The first-order chi connectivity index (χ1) is 10.6. The Morgan fingerprint density at radius 3 is 2.23 bits per heavy atom. The van der Waals surface area contributed by atoms with Crippen LogP contribution in [-0.4, -0.2) is 13.0 Å². The summed E-state index contributed by atoms with van der Waals surface area (Å²) in [6, 6.07) is 17.6. The summed E-state index contributed by atoms with van der Waals surface area (Å²) in [5, 5.41) is 0. The van der Waals surface area contributed by atoms with Crippen LogP contribution in [0.2, 0.25) is 0 Å². The number of halogens is 1. The van der Waals surface area contributed by atoms with Gasteiger partial charge in [0.15, 0.2) is 0 Å². The van der Waals surface area contributed by atoms with Crippen LogP contribution in [-0.2, 0) is 16.5 Å². The van der Waals surface area contributed by atoms with Gasteiger partial charge in [-0.1, -0.05) is 24.3 Å². The maximum absolute atomic E-state index is 13.0. The van der Waals surface area contributed by atoms with E-state index in [0.717, 1.165) is 22.5 Å². The van der Waals surface area contributed by atoms with E-state index in [4.69, 9.17) is 0 Å². The number of nitrogens with zero attached hydrogens (tertiary/aromatic N) is 1. The van der Waals surface area contributed by atoms with E-state index in [0.29, 0.717) is 0 Å². The molecule has 0 spiro atoms. The van der Waals surface area contributed by atoms with E-state index in [1.807, 2.05) is 47.2 Å². The fourth-order valence-electron chi connectivity index (χ4n) is 2.37. The molecule has 0 aliphatic carbocycles. The first-order valence-electron chi connectivity index (χ1n) is 6.78. The van der Waals surface area contributed by atoms with Crippen molar-refractivity contribution >= 4 is 10.7 Å². The third kappa shape index (κ3) is 3.09. The topological polar surface area (TPSA) is 39.1 Å². The molecule has 2 aromatic carbocycles. The average molecular weight is 315 g/mol. The Kier molecular flexibility index (Phi) is 4.06. The molecular weight excluding hydrogens is 301 g/mol. The highest BCUT2D eigenvalue weighted by atomic mass is 32.2. The van der Waals surface area contributed by atoms with Gasteiger partial charge in [-0.2, -0.15) is 0 Å². The summed E-state index contributed by atoms with van der Waals surface area (Å²) in [6.45, 7) is 0. The molecule has 1 aromatic heterocycles. The number of thiol groups is 1. The van der Waals surface area contributed by atoms with E-state index < -0.39 is 10.7 Å². The molecular formula is C17H14FNO2S. The van der Waals surface area contributed by atoms with E-state index in [2.05, 4.69) is 0 Å². The van der Waals surface area contributed by atoms with Gasteiger partial charge in [-0.05, 0) is 47.5 Å². The van der Waals surface area contributed by atoms with Crippen LogP contribution < -0.4 is 0 Å². The molecule has 0 amide bonds. The fraction of sp³-hybridized carbons (Fsp3) is 0.0588. The third-order valence-corrected chi connectivity index (χ3v) is 4.04. The molecule has 3 nitrogen and oxygen atoms in total. The second kappa shape index (κ2) is 6.15. The summed E-state index contributed by atoms with van der Waals surface area (Å²) >= 11 is 0. The van der Waals surface area contributed by atoms with Crippen LogP contribution in [0.1, 0.15) is 5.56 Å². The maximum Gasteiger partial charge on any atom is 0.144 e. The van der Waals surface area contributed by atoms with Crippen molar-refractivity contribution in [3.05, 3.63) is 78.2 Å². The minimum absolute atomic E-state index is 0.0502. The Morgan fingerprint density at radius 2 is 1.59 bits per heavy atom. The number of aromatic nitrogens is 1. The normalized spacial score (nSPS) is 11.0. The van der Waals surface area contributed by atoms with Crippen molar-refractivity contribution in [3.8, 4) is 16.9 Å². The van der Waals surface area contributed by atoms with E-state index in [1.165, 1.54) is 12.1 Å². The Labute approximate surface area is 129 Å². The van der Waals surface area contributed by atoms with Crippen LogP contribution in [0.3, 0.4) is 0 Å². The lowest BCUT2D eigenvalue weighted by atomic mass is 10.1. The molecule has 0 saturated heterocycles. The first kappa shape index (κ1) is 14.5. The van der Waals surface area contributed by atoms with Gasteiger partial charge in [0.05, 0.1) is 11.4 Å². The lowest BCUT2D eigenvalue weighted by Gasteiger charge is -2.10. The molecule has 112 valence electrons. The number of benzene rings is 2. The Balaban J connectivity index is 1.96. The molecule has 0 N–H and O–H groups in total. The molecule has 0 aliphatic rings. The van der Waals surface area contributed by atoms with Crippen molar-refractivity contribution in [3.63, 3.8) is 0 Å². The van der Waals surface area contributed by atoms with Crippen LogP contribution >= 0.6 is 0 Å². The zero-order valence-electron chi connectivity index (χ0n) is 11.6. The van der Waals surface area contributed by atoms with Crippen molar-refractivity contribution in [2.75, 3.05) is 0 Å².